The molecule has 0 bridgehead atoms. The van der Waals surface area contributed by atoms with Gasteiger partial charge in [0.2, 0.25) is 0 Å². The van der Waals surface area contributed by atoms with Crippen molar-refractivity contribution in [3.05, 3.63) is 47.0 Å². The Hall–Kier alpha value is -1.99. The van der Waals surface area contributed by atoms with Crippen LogP contribution in [0, 0.1) is 0 Å². The summed E-state index contributed by atoms with van der Waals surface area (Å²) in [6, 6.07) is 5.84. The van der Waals surface area contributed by atoms with Gasteiger partial charge in [-0.3, -0.25) is 9.78 Å². The molecule has 2 heterocycles. The topological polar surface area (TPSA) is 67.4 Å². The minimum atomic E-state index is -0.277. The summed E-state index contributed by atoms with van der Waals surface area (Å²) in [5.74, 6) is -0.277. The third kappa shape index (κ3) is 3.42. The summed E-state index contributed by atoms with van der Waals surface area (Å²) < 4.78 is 6.28. The van der Waals surface area contributed by atoms with Crippen LogP contribution in [-0.2, 0) is 4.74 Å². The largest absolute Gasteiger partial charge is 0.378 e. The van der Waals surface area contributed by atoms with E-state index in [-0.39, 0.29) is 11.6 Å². The number of carbonyl (C=O) groups excluding carboxylic acids is 1. The van der Waals surface area contributed by atoms with Gasteiger partial charge in [0.1, 0.15) is 5.69 Å². The molecular formula is C15H15BrN4O2. The lowest BCUT2D eigenvalue weighted by atomic mass is 10.2. The van der Waals surface area contributed by atoms with Crippen LogP contribution in [0.25, 0.3) is 0 Å². The lowest BCUT2D eigenvalue weighted by Crippen LogP contribution is -2.36. The molecule has 22 heavy (non-hydrogen) atoms. The van der Waals surface area contributed by atoms with E-state index >= 15 is 0 Å². The first-order valence-corrected chi connectivity index (χ1v) is 7.73. The molecule has 1 N–H and O–H groups in total. The number of halogens is 1. The SMILES string of the molecule is O=C(Nc1cc(Br)ccc1N1CCOCC1)c1cnccn1. The Balaban J connectivity index is 1.85. The van der Waals surface area contributed by atoms with E-state index in [2.05, 4.69) is 36.1 Å². The van der Waals surface area contributed by atoms with Gasteiger partial charge in [-0.25, -0.2) is 4.98 Å². The molecule has 0 aliphatic carbocycles. The fourth-order valence-electron chi connectivity index (χ4n) is 2.29. The number of hydrogen-bond donors (Lipinski definition) is 1. The van der Waals surface area contributed by atoms with Crippen molar-refractivity contribution in [3.8, 4) is 0 Å². The van der Waals surface area contributed by atoms with Gasteiger partial charge >= 0.3 is 0 Å². The van der Waals surface area contributed by atoms with E-state index in [9.17, 15) is 4.79 Å². The number of amides is 1. The number of morpholine rings is 1. The number of hydrogen-bond acceptors (Lipinski definition) is 5. The lowest BCUT2D eigenvalue weighted by Gasteiger charge is -2.30. The van der Waals surface area contributed by atoms with Gasteiger partial charge in [0.15, 0.2) is 0 Å². The second kappa shape index (κ2) is 6.85. The zero-order valence-corrected chi connectivity index (χ0v) is 13.4. The van der Waals surface area contributed by atoms with Gasteiger partial charge < -0.3 is 15.0 Å². The number of carbonyl (C=O) groups is 1. The highest BCUT2D eigenvalue weighted by atomic mass is 79.9. The number of nitrogens with zero attached hydrogens (tertiary/aromatic N) is 3. The van der Waals surface area contributed by atoms with Crippen LogP contribution in [0.5, 0.6) is 0 Å². The number of aromatic nitrogens is 2. The maximum Gasteiger partial charge on any atom is 0.275 e. The van der Waals surface area contributed by atoms with Crippen LogP contribution in [0.4, 0.5) is 11.4 Å². The first-order chi connectivity index (χ1) is 10.7. The number of anilines is 2. The Labute approximate surface area is 136 Å². The van der Waals surface area contributed by atoms with E-state index in [4.69, 9.17) is 4.74 Å². The number of rotatable bonds is 3. The minimum Gasteiger partial charge on any atom is -0.378 e. The number of nitrogens with one attached hydrogen (secondary N) is 1. The van der Waals surface area contributed by atoms with Crippen molar-refractivity contribution < 1.29 is 9.53 Å². The minimum absolute atomic E-state index is 0.277. The standard InChI is InChI=1S/C15H15BrN4O2/c16-11-1-2-14(20-5-7-22-8-6-20)12(9-11)19-15(21)13-10-17-3-4-18-13/h1-4,9-10H,5-8H2,(H,19,21). The highest BCUT2D eigenvalue weighted by Crippen LogP contribution is 2.30. The lowest BCUT2D eigenvalue weighted by molar-refractivity contribution is 0.102. The quantitative estimate of drug-likeness (QED) is 0.907. The van der Waals surface area contributed by atoms with Crippen LogP contribution >= 0.6 is 15.9 Å². The molecule has 1 aromatic carbocycles. The maximum atomic E-state index is 12.3. The zero-order valence-electron chi connectivity index (χ0n) is 11.8. The summed E-state index contributed by atoms with van der Waals surface area (Å²) in [5.41, 5.74) is 2.01. The molecule has 0 saturated carbocycles. The summed E-state index contributed by atoms with van der Waals surface area (Å²) in [6.45, 7) is 2.98. The van der Waals surface area contributed by atoms with Gasteiger partial charge in [0, 0.05) is 30.0 Å². The Kier molecular flexibility index (Phi) is 4.65. The van der Waals surface area contributed by atoms with E-state index < -0.39 is 0 Å². The molecule has 7 heteroatoms. The van der Waals surface area contributed by atoms with Crippen LogP contribution < -0.4 is 10.2 Å². The predicted octanol–water partition coefficient (Wildman–Crippen LogP) is 2.33. The van der Waals surface area contributed by atoms with Crippen molar-refractivity contribution >= 4 is 33.2 Å². The van der Waals surface area contributed by atoms with Crippen LogP contribution in [0.1, 0.15) is 10.5 Å². The van der Waals surface area contributed by atoms with E-state index in [1.807, 2.05) is 18.2 Å². The van der Waals surface area contributed by atoms with Gasteiger partial charge in [-0.2, -0.15) is 0 Å². The fourth-order valence-corrected chi connectivity index (χ4v) is 2.65. The third-order valence-electron chi connectivity index (χ3n) is 3.35. The molecule has 1 fully saturated rings. The molecule has 0 spiro atoms. The molecule has 6 nitrogen and oxygen atoms in total. The molecule has 1 aliphatic rings. The van der Waals surface area contributed by atoms with Crippen LogP contribution in [0.2, 0.25) is 0 Å². The van der Waals surface area contributed by atoms with Crippen molar-refractivity contribution in [2.75, 3.05) is 36.5 Å². The molecule has 1 amide bonds. The summed E-state index contributed by atoms with van der Waals surface area (Å²) >= 11 is 3.44. The van der Waals surface area contributed by atoms with E-state index in [1.165, 1.54) is 18.6 Å². The van der Waals surface area contributed by atoms with Crippen molar-refractivity contribution in [3.63, 3.8) is 0 Å². The molecule has 0 radical (unpaired) electrons. The second-order valence-electron chi connectivity index (χ2n) is 4.81. The van der Waals surface area contributed by atoms with Crippen LogP contribution in [0.15, 0.2) is 41.3 Å². The van der Waals surface area contributed by atoms with Crippen molar-refractivity contribution in [2.24, 2.45) is 0 Å². The molecule has 1 aliphatic heterocycles. The monoisotopic (exact) mass is 362 g/mol. The molecule has 3 rings (SSSR count). The summed E-state index contributed by atoms with van der Waals surface area (Å²) in [7, 11) is 0. The zero-order chi connectivity index (χ0) is 15.4. The van der Waals surface area contributed by atoms with Gasteiger partial charge in [0.05, 0.1) is 30.8 Å². The van der Waals surface area contributed by atoms with E-state index in [0.717, 1.165) is 28.9 Å². The predicted molar refractivity (Wildman–Crippen MR) is 87.2 cm³/mol. The van der Waals surface area contributed by atoms with Gasteiger partial charge in [-0.15, -0.1) is 0 Å². The molecule has 1 saturated heterocycles. The molecule has 2 aromatic rings. The molecule has 1 aromatic heterocycles. The number of benzene rings is 1. The van der Waals surface area contributed by atoms with Crippen molar-refractivity contribution in [2.45, 2.75) is 0 Å². The third-order valence-corrected chi connectivity index (χ3v) is 3.85. The fraction of sp³-hybridized carbons (Fsp3) is 0.267. The average molecular weight is 363 g/mol. The highest BCUT2D eigenvalue weighted by Gasteiger charge is 2.17. The van der Waals surface area contributed by atoms with Crippen molar-refractivity contribution in [1.82, 2.24) is 9.97 Å². The Bertz CT molecular complexity index is 660. The summed E-state index contributed by atoms with van der Waals surface area (Å²) in [6.07, 6.45) is 4.48. The molecular weight excluding hydrogens is 348 g/mol. The Morgan fingerprint density at radius 1 is 1.27 bits per heavy atom. The first-order valence-electron chi connectivity index (χ1n) is 6.93. The van der Waals surface area contributed by atoms with E-state index in [1.54, 1.807) is 0 Å². The van der Waals surface area contributed by atoms with Crippen LogP contribution in [0.3, 0.4) is 0 Å². The number of ether oxygens (including phenoxy) is 1. The molecule has 0 atom stereocenters. The first kappa shape index (κ1) is 14.9. The average Bonchev–Trinajstić information content (AvgIpc) is 2.56. The summed E-state index contributed by atoms with van der Waals surface area (Å²) in [4.78, 5) is 22.4. The van der Waals surface area contributed by atoms with Gasteiger partial charge in [-0.05, 0) is 18.2 Å². The Morgan fingerprint density at radius 3 is 2.82 bits per heavy atom. The Morgan fingerprint density at radius 2 is 2.09 bits per heavy atom. The normalized spacial score (nSPS) is 14.7. The van der Waals surface area contributed by atoms with Crippen LogP contribution in [-0.4, -0.2) is 42.2 Å². The van der Waals surface area contributed by atoms with Gasteiger partial charge in [-0.1, -0.05) is 15.9 Å². The van der Waals surface area contributed by atoms with Crippen molar-refractivity contribution in [1.29, 1.82) is 0 Å². The summed E-state index contributed by atoms with van der Waals surface area (Å²) in [5, 5.41) is 2.91. The maximum absolute atomic E-state index is 12.3. The molecule has 0 unspecified atom stereocenters. The smallest absolute Gasteiger partial charge is 0.275 e. The van der Waals surface area contributed by atoms with Gasteiger partial charge in [0.25, 0.3) is 5.91 Å². The second-order valence-corrected chi connectivity index (χ2v) is 5.72. The molecule has 114 valence electrons. The highest BCUT2D eigenvalue weighted by molar-refractivity contribution is 9.10. The van der Waals surface area contributed by atoms with E-state index in [0.29, 0.717) is 13.2 Å².